The van der Waals surface area contributed by atoms with Crippen molar-refractivity contribution < 1.29 is 19.1 Å². The number of ether oxygens (including phenoxy) is 1. The molecule has 2 aliphatic rings. The molecule has 9 nitrogen and oxygen atoms in total. The fourth-order valence-electron chi connectivity index (χ4n) is 4.40. The lowest BCUT2D eigenvalue weighted by Crippen LogP contribution is -2.47. The van der Waals surface area contributed by atoms with E-state index < -0.39 is 12.0 Å². The SMILES string of the molecule is CCOc1nc(C)c(C(=O)NCC(CC)C(=O)N[C@@H]2C(=O)N3CCCN3Cc3ccccc32)s1. The third-order valence-electron chi connectivity index (χ3n) is 6.26. The van der Waals surface area contributed by atoms with E-state index in [0.29, 0.717) is 41.9 Å². The maximum absolute atomic E-state index is 13.4. The summed E-state index contributed by atoms with van der Waals surface area (Å²) >= 11 is 1.19. The number of hydrogen-bond donors (Lipinski definition) is 2. The van der Waals surface area contributed by atoms with Crippen molar-refractivity contribution in [3.05, 3.63) is 46.0 Å². The van der Waals surface area contributed by atoms with E-state index in [2.05, 4.69) is 20.6 Å². The predicted molar refractivity (Wildman–Crippen MR) is 128 cm³/mol. The maximum Gasteiger partial charge on any atom is 0.274 e. The number of carbonyl (C=O) groups is 3. The molecule has 3 heterocycles. The van der Waals surface area contributed by atoms with Gasteiger partial charge in [-0.1, -0.05) is 42.5 Å². The second-order valence-electron chi connectivity index (χ2n) is 8.49. The van der Waals surface area contributed by atoms with Gasteiger partial charge in [0.05, 0.1) is 18.2 Å². The minimum Gasteiger partial charge on any atom is -0.470 e. The van der Waals surface area contributed by atoms with E-state index in [4.69, 9.17) is 4.74 Å². The van der Waals surface area contributed by atoms with Crippen LogP contribution in [0.3, 0.4) is 0 Å². The highest BCUT2D eigenvalue weighted by Crippen LogP contribution is 2.30. The quantitative estimate of drug-likeness (QED) is 0.595. The molecular formula is C24H31N5O4S. The fraction of sp³-hybridized carbons (Fsp3) is 0.500. The monoisotopic (exact) mass is 485 g/mol. The molecule has 1 fully saturated rings. The van der Waals surface area contributed by atoms with Crippen molar-refractivity contribution in [2.75, 3.05) is 26.2 Å². The zero-order valence-electron chi connectivity index (χ0n) is 19.8. The molecule has 0 radical (unpaired) electrons. The number of rotatable bonds is 8. The molecule has 3 amide bonds. The normalized spacial score (nSPS) is 18.6. The number of aryl methyl sites for hydroxylation is 1. The average Bonchev–Trinajstić information content (AvgIpc) is 3.41. The second kappa shape index (κ2) is 10.5. The molecule has 34 heavy (non-hydrogen) atoms. The Morgan fingerprint density at radius 3 is 2.82 bits per heavy atom. The van der Waals surface area contributed by atoms with Crippen LogP contribution in [0.25, 0.3) is 0 Å². The second-order valence-corrected chi connectivity index (χ2v) is 9.45. The summed E-state index contributed by atoms with van der Waals surface area (Å²) in [5.41, 5.74) is 2.47. The first-order valence-electron chi connectivity index (χ1n) is 11.8. The van der Waals surface area contributed by atoms with Gasteiger partial charge in [0.1, 0.15) is 10.9 Å². The Labute approximate surface area is 203 Å². The van der Waals surface area contributed by atoms with Crippen LogP contribution in [0.1, 0.15) is 59.2 Å². The van der Waals surface area contributed by atoms with E-state index in [0.717, 1.165) is 24.1 Å². The lowest BCUT2D eigenvalue weighted by Gasteiger charge is -2.28. The maximum atomic E-state index is 13.4. The molecule has 1 aromatic carbocycles. The summed E-state index contributed by atoms with van der Waals surface area (Å²) < 4.78 is 5.39. The standard InChI is InChI=1S/C24H31N5O4S/c1-4-16(13-25-22(31)20-15(3)26-24(34-20)33-5-2)21(30)27-19-18-10-7-6-9-17(18)14-28-11-8-12-29(28)23(19)32/h6-7,9-10,16,19H,4-5,8,11-14H2,1-3H3,(H,25,31)(H,27,30)/t16?,19-/m0/s1. The summed E-state index contributed by atoms with van der Waals surface area (Å²) in [5.74, 6) is -1.12. The van der Waals surface area contributed by atoms with Crippen molar-refractivity contribution in [3.8, 4) is 5.19 Å². The van der Waals surface area contributed by atoms with Crippen LogP contribution < -0.4 is 15.4 Å². The van der Waals surface area contributed by atoms with Crippen LogP contribution in [0.2, 0.25) is 0 Å². The Morgan fingerprint density at radius 1 is 1.26 bits per heavy atom. The van der Waals surface area contributed by atoms with Gasteiger partial charge in [-0.05, 0) is 37.8 Å². The summed E-state index contributed by atoms with van der Waals surface area (Å²) in [6, 6.07) is 7.02. The Morgan fingerprint density at radius 2 is 2.06 bits per heavy atom. The molecule has 2 aromatic rings. The highest BCUT2D eigenvalue weighted by molar-refractivity contribution is 7.15. The summed E-state index contributed by atoms with van der Waals surface area (Å²) in [6.07, 6.45) is 1.44. The van der Waals surface area contributed by atoms with Crippen molar-refractivity contribution >= 4 is 29.1 Å². The first-order chi connectivity index (χ1) is 16.4. The van der Waals surface area contributed by atoms with Crippen LogP contribution in [0, 0.1) is 12.8 Å². The van der Waals surface area contributed by atoms with Crippen LogP contribution in [0.15, 0.2) is 24.3 Å². The smallest absolute Gasteiger partial charge is 0.274 e. The van der Waals surface area contributed by atoms with Crippen LogP contribution in [0.4, 0.5) is 0 Å². The van der Waals surface area contributed by atoms with E-state index in [1.54, 1.807) is 11.9 Å². The topological polar surface area (TPSA) is 104 Å². The van der Waals surface area contributed by atoms with E-state index >= 15 is 0 Å². The number of carbonyl (C=O) groups excluding carboxylic acids is 3. The number of nitrogens with one attached hydrogen (secondary N) is 2. The summed E-state index contributed by atoms with van der Waals surface area (Å²) in [6.45, 7) is 8.29. The van der Waals surface area contributed by atoms with Gasteiger partial charge in [0.15, 0.2) is 0 Å². The molecule has 182 valence electrons. The van der Waals surface area contributed by atoms with Gasteiger partial charge >= 0.3 is 0 Å². The number of hydrogen-bond acceptors (Lipinski definition) is 7. The van der Waals surface area contributed by atoms with Gasteiger partial charge in [-0.2, -0.15) is 0 Å². The lowest BCUT2D eigenvalue weighted by atomic mass is 9.98. The molecule has 1 aromatic heterocycles. The van der Waals surface area contributed by atoms with Gasteiger partial charge in [-0.15, -0.1) is 0 Å². The molecule has 4 rings (SSSR count). The molecule has 10 heteroatoms. The zero-order valence-corrected chi connectivity index (χ0v) is 20.6. The Hall–Kier alpha value is -2.98. The summed E-state index contributed by atoms with van der Waals surface area (Å²) in [7, 11) is 0. The summed E-state index contributed by atoms with van der Waals surface area (Å²) in [4.78, 5) is 44.0. The van der Waals surface area contributed by atoms with Gasteiger partial charge in [0.25, 0.3) is 17.0 Å². The molecule has 0 aliphatic carbocycles. The number of fused-ring (bicyclic) bond motifs is 2. The van der Waals surface area contributed by atoms with E-state index in [9.17, 15) is 14.4 Å². The number of amides is 3. The third kappa shape index (κ3) is 4.92. The Kier molecular flexibility index (Phi) is 7.47. The van der Waals surface area contributed by atoms with Crippen molar-refractivity contribution in [1.29, 1.82) is 0 Å². The van der Waals surface area contributed by atoms with Gasteiger partial charge in [-0.25, -0.2) is 9.99 Å². The van der Waals surface area contributed by atoms with Gasteiger partial charge in [0, 0.05) is 26.2 Å². The summed E-state index contributed by atoms with van der Waals surface area (Å²) in [5, 5.41) is 10.1. The molecule has 0 saturated carbocycles. The van der Waals surface area contributed by atoms with Crippen molar-refractivity contribution in [1.82, 2.24) is 25.6 Å². The van der Waals surface area contributed by atoms with Crippen LogP contribution in [-0.4, -0.2) is 59.0 Å². The van der Waals surface area contributed by atoms with Crippen LogP contribution in [-0.2, 0) is 16.1 Å². The molecule has 2 N–H and O–H groups in total. The minimum atomic E-state index is -0.742. The Bertz CT molecular complexity index is 1070. The molecule has 1 unspecified atom stereocenters. The predicted octanol–water partition coefficient (Wildman–Crippen LogP) is 2.43. The van der Waals surface area contributed by atoms with Crippen molar-refractivity contribution in [2.45, 2.75) is 46.2 Å². The minimum absolute atomic E-state index is 0.113. The number of nitrogens with zero attached hydrogens (tertiary/aromatic N) is 3. The first-order valence-corrected chi connectivity index (χ1v) is 12.6. The van der Waals surface area contributed by atoms with Crippen molar-refractivity contribution in [2.24, 2.45) is 5.92 Å². The highest BCUT2D eigenvalue weighted by atomic mass is 32.1. The van der Waals surface area contributed by atoms with Crippen LogP contribution >= 0.6 is 11.3 Å². The molecule has 0 bridgehead atoms. The van der Waals surface area contributed by atoms with Gasteiger partial charge in [0.2, 0.25) is 5.91 Å². The molecular weight excluding hydrogens is 454 g/mol. The molecule has 2 atom stereocenters. The largest absolute Gasteiger partial charge is 0.470 e. The van der Waals surface area contributed by atoms with E-state index in [1.165, 1.54) is 11.3 Å². The average molecular weight is 486 g/mol. The highest BCUT2D eigenvalue weighted by Gasteiger charge is 2.38. The van der Waals surface area contributed by atoms with Gasteiger partial charge < -0.3 is 15.4 Å². The number of hydrazine groups is 1. The van der Waals surface area contributed by atoms with Gasteiger partial charge in [-0.3, -0.25) is 19.4 Å². The Balaban J connectivity index is 1.45. The molecule has 1 saturated heterocycles. The van der Waals surface area contributed by atoms with Crippen LogP contribution in [0.5, 0.6) is 5.19 Å². The lowest BCUT2D eigenvalue weighted by molar-refractivity contribution is -0.148. The number of benzene rings is 1. The molecule has 0 spiro atoms. The fourth-order valence-corrected chi connectivity index (χ4v) is 5.30. The number of aromatic nitrogens is 1. The number of thiazole rings is 1. The zero-order chi connectivity index (χ0) is 24.2. The third-order valence-corrected chi connectivity index (χ3v) is 7.33. The molecule has 2 aliphatic heterocycles. The first kappa shape index (κ1) is 24.2. The van der Waals surface area contributed by atoms with E-state index in [-0.39, 0.29) is 24.3 Å². The van der Waals surface area contributed by atoms with E-state index in [1.807, 2.05) is 38.1 Å². The van der Waals surface area contributed by atoms with Crippen molar-refractivity contribution in [3.63, 3.8) is 0 Å².